The second-order valence-electron chi connectivity index (χ2n) is 5.68. The van der Waals surface area contributed by atoms with Gasteiger partial charge in [-0.15, -0.1) is 0 Å². The van der Waals surface area contributed by atoms with Crippen LogP contribution in [0, 0.1) is 12.8 Å². The van der Waals surface area contributed by atoms with E-state index in [2.05, 4.69) is 13.8 Å². The SMILES string of the molecule is CCCCC(CC)CN1C(=O)C(=O)c2cc(C)ccc21. The lowest BCUT2D eigenvalue weighted by Gasteiger charge is -2.23. The molecule has 1 aromatic rings. The third-order valence-electron chi connectivity index (χ3n) is 4.11. The number of nitrogens with zero attached hydrogens (tertiary/aromatic N) is 1. The smallest absolute Gasteiger partial charge is 0.299 e. The molecule has 3 heteroatoms. The first kappa shape index (κ1) is 14.8. The number of rotatable bonds is 6. The van der Waals surface area contributed by atoms with Crippen molar-refractivity contribution in [2.75, 3.05) is 11.4 Å². The third kappa shape index (κ3) is 2.77. The Morgan fingerprint density at radius 3 is 2.60 bits per heavy atom. The van der Waals surface area contributed by atoms with E-state index >= 15 is 0 Å². The first-order valence-electron chi connectivity index (χ1n) is 7.55. The second kappa shape index (κ2) is 6.21. The van der Waals surface area contributed by atoms with E-state index in [0.29, 0.717) is 18.0 Å². The van der Waals surface area contributed by atoms with Gasteiger partial charge >= 0.3 is 0 Å². The molecule has 1 amide bonds. The molecule has 0 N–H and O–H groups in total. The average molecular weight is 273 g/mol. The zero-order valence-corrected chi connectivity index (χ0v) is 12.6. The number of fused-ring (bicyclic) bond motifs is 1. The van der Waals surface area contributed by atoms with Crippen LogP contribution in [-0.4, -0.2) is 18.2 Å². The highest BCUT2D eigenvalue weighted by Gasteiger charge is 2.36. The number of hydrogen-bond donors (Lipinski definition) is 0. The Morgan fingerprint density at radius 2 is 1.95 bits per heavy atom. The van der Waals surface area contributed by atoms with Gasteiger partial charge in [0.05, 0.1) is 11.3 Å². The number of unbranched alkanes of at least 4 members (excludes halogenated alkanes) is 1. The van der Waals surface area contributed by atoms with Crippen molar-refractivity contribution in [1.29, 1.82) is 0 Å². The zero-order chi connectivity index (χ0) is 14.7. The molecule has 1 aliphatic rings. The van der Waals surface area contributed by atoms with Crippen LogP contribution in [0.2, 0.25) is 0 Å². The Balaban J connectivity index is 2.21. The van der Waals surface area contributed by atoms with Crippen LogP contribution in [0.1, 0.15) is 55.5 Å². The molecule has 1 unspecified atom stereocenters. The molecule has 0 bridgehead atoms. The number of aryl methyl sites for hydroxylation is 1. The zero-order valence-electron chi connectivity index (χ0n) is 12.6. The van der Waals surface area contributed by atoms with Gasteiger partial charge in [-0.1, -0.05) is 44.7 Å². The summed E-state index contributed by atoms with van der Waals surface area (Å²) in [4.78, 5) is 25.9. The van der Waals surface area contributed by atoms with Crippen molar-refractivity contribution in [3.05, 3.63) is 29.3 Å². The molecule has 0 spiro atoms. The first-order valence-corrected chi connectivity index (χ1v) is 7.55. The molecule has 3 nitrogen and oxygen atoms in total. The molecule has 0 radical (unpaired) electrons. The fraction of sp³-hybridized carbons (Fsp3) is 0.529. The fourth-order valence-corrected chi connectivity index (χ4v) is 2.77. The largest absolute Gasteiger partial charge is 0.304 e. The first-order chi connectivity index (χ1) is 9.58. The summed E-state index contributed by atoms with van der Waals surface area (Å²) in [6.45, 7) is 6.93. The molecule has 0 saturated carbocycles. The fourth-order valence-electron chi connectivity index (χ4n) is 2.77. The number of Topliss-reactive ketones (excluding diaryl/α,β-unsaturated/α-hetero) is 1. The standard InChI is InChI=1S/C17H23NO2/c1-4-6-7-13(5-2)11-18-15-9-8-12(3)10-14(15)16(19)17(18)20/h8-10,13H,4-7,11H2,1-3H3. The summed E-state index contributed by atoms with van der Waals surface area (Å²) < 4.78 is 0. The van der Waals surface area contributed by atoms with Gasteiger partial charge in [0.1, 0.15) is 0 Å². The van der Waals surface area contributed by atoms with Crippen molar-refractivity contribution in [1.82, 2.24) is 0 Å². The Bertz CT molecular complexity index is 522. The van der Waals surface area contributed by atoms with Crippen molar-refractivity contribution >= 4 is 17.4 Å². The maximum Gasteiger partial charge on any atom is 0.299 e. The lowest BCUT2D eigenvalue weighted by atomic mass is 9.98. The number of carbonyl (C=O) groups is 2. The van der Waals surface area contributed by atoms with Gasteiger partial charge in [0.2, 0.25) is 0 Å². The normalized spacial score (nSPS) is 15.7. The van der Waals surface area contributed by atoms with Crippen LogP contribution in [0.25, 0.3) is 0 Å². The molecule has 1 atom stereocenters. The monoisotopic (exact) mass is 273 g/mol. The average Bonchev–Trinajstić information content (AvgIpc) is 2.68. The molecular formula is C17H23NO2. The van der Waals surface area contributed by atoms with Crippen LogP contribution < -0.4 is 4.90 Å². The molecule has 0 fully saturated rings. The molecule has 0 aliphatic carbocycles. The van der Waals surface area contributed by atoms with E-state index in [0.717, 1.165) is 24.1 Å². The Hall–Kier alpha value is -1.64. The van der Waals surface area contributed by atoms with Crippen molar-refractivity contribution in [2.45, 2.75) is 46.5 Å². The van der Waals surface area contributed by atoms with Crippen molar-refractivity contribution in [3.63, 3.8) is 0 Å². The van der Waals surface area contributed by atoms with E-state index in [1.54, 1.807) is 4.90 Å². The van der Waals surface area contributed by atoms with Crippen LogP contribution in [0.5, 0.6) is 0 Å². The summed E-state index contributed by atoms with van der Waals surface area (Å²) in [6, 6.07) is 5.69. The Labute approximate surface area is 121 Å². The molecular weight excluding hydrogens is 250 g/mol. The topological polar surface area (TPSA) is 37.4 Å². The maximum atomic E-state index is 12.2. The lowest BCUT2D eigenvalue weighted by Crippen LogP contribution is -2.34. The van der Waals surface area contributed by atoms with Gasteiger partial charge in [0.15, 0.2) is 0 Å². The second-order valence-corrected chi connectivity index (χ2v) is 5.68. The van der Waals surface area contributed by atoms with Crippen LogP contribution >= 0.6 is 0 Å². The minimum atomic E-state index is -0.361. The molecule has 1 aliphatic heterocycles. The van der Waals surface area contributed by atoms with E-state index in [-0.39, 0.29) is 11.7 Å². The number of anilines is 1. The van der Waals surface area contributed by atoms with E-state index in [4.69, 9.17) is 0 Å². The third-order valence-corrected chi connectivity index (χ3v) is 4.11. The summed E-state index contributed by atoms with van der Waals surface area (Å²) >= 11 is 0. The molecule has 0 saturated heterocycles. The van der Waals surface area contributed by atoms with Gasteiger partial charge in [-0.2, -0.15) is 0 Å². The highest BCUT2D eigenvalue weighted by atomic mass is 16.2. The van der Waals surface area contributed by atoms with Crippen molar-refractivity contribution < 1.29 is 9.59 Å². The lowest BCUT2D eigenvalue weighted by molar-refractivity contribution is -0.114. The van der Waals surface area contributed by atoms with Crippen LogP contribution in [0.15, 0.2) is 18.2 Å². The van der Waals surface area contributed by atoms with Gasteiger partial charge in [-0.3, -0.25) is 9.59 Å². The highest BCUT2D eigenvalue weighted by Crippen LogP contribution is 2.31. The maximum absolute atomic E-state index is 12.2. The van der Waals surface area contributed by atoms with Gasteiger partial charge in [0, 0.05) is 6.54 Å². The van der Waals surface area contributed by atoms with E-state index < -0.39 is 0 Å². The van der Waals surface area contributed by atoms with Crippen molar-refractivity contribution in [2.24, 2.45) is 5.92 Å². The number of carbonyl (C=O) groups excluding carboxylic acids is 2. The van der Waals surface area contributed by atoms with Gasteiger partial charge < -0.3 is 4.90 Å². The van der Waals surface area contributed by atoms with E-state index in [1.165, 1.54) is 12.8 Å². The number of ketones is 1. The molecule has 20 heavy (non-hydrogen) atoms. The Kier molecular flexibility index (Phi) is 4.58. The highest BCUT2D eigenvalue weighted by molar-refractivity contribution is 6.52. The number of hydrogen-bond acceptors (Lipinski definition) is 2. The van der Waals surface area contributed by atoms with Gasteiger partial charge in [-0.25, -0.2) is 0 Å². The molecule has 0 aromatic heterocycles. The van der Waals surface area contributed by atoms with Gasteiger partial charge in [0.25, 0.3) is 11.7 Å². The Morgan fingerprint density at radius 1 is 1.20 bits per heavy atom. The molecule has 2 rings (SSSR count). The van der Waals surface area contributed by atoms with Gasteiger partial charge in [-0.05, 0) is 31.4 Å². The number of amides is 1. The minimum Gasteiger partial charge on any atom is -0.304 e. The summed E-state index contributed by atoms with van der Waals surface area (Å²) in [5, 5.41) is 0. The molecule has 1 aromatic carbocycles. The quantitative estimate of drug-likeness (QED) is 0.740. The van der Waals surface area contributed by atoms with Crippen LogP contribution in [0.3, 0.4) is 0 Å². The summed E-state index contributed by atoms with van der Waals surface area (Å²) in [5.41, 5.74) is 2.38. The van der Waals surface area contributed by atoms with Crippen LogP contribution in [-0.2, 0) is 4.79 Å². The van der Waals surface area contributed by atoms with Crippen LogP contribution in [0.4, 0.5) is 5.69 Å². The number of benzene rings is 1. The summed E-state index contributed by atoms with van der Waals surface area (Å²) in [6.07, 6.45) is 4.50. The van der Waals surface area contributed by atoms with Crippen molar-refractivity contribution in [3.8, 4) is 0 Å². The predicted octanol–water partition coefficient (Wildman–Crippen LogP) is 3.74. The summed E-state index contributed by atoms with van der Waals surface area (Å²) in [5.74, 6) is -0.242. The van der Waals surface area contributed by atoms with E-state index in [1.807, 2.05) is 25.1 Å². The summed E-state index contributed by atoms with van der Waals surface area (Å²) in [7, 11) is 0. The minimum absolute atomic E-state index is 0.353. The van der Waals surface area contributed by atoms with E-state index in [9.17, 15) is 9.59 Å². The molecule has 108 valence electrons. The predicted molar refractivity (Wildman–Crippen MR) is 81.2 cm³/mol. The molecule has 1 heterocycles.